The zero-order valence-corrected chi connectivity index (χ0v) is 70.3. The first-order valence-corrected chi connectivity index (χ1v) is 42.9. The molecule has 0 bridgehead atoms. The van der Waals surface area contributed by atoms with E-state index >= 15 is 0 Å². The molecule has 2 aromatic heterocycles. The minimum Gasteiger partial charge on any atom is -0.497 e. The largest absolute Gasteiger partial charge is 0.497 e. The molecule has 18 rings (SSSR count). The van der Waals surface area contributed by atoms with Crippen LogP contribution in [-0.2, 0) is 68.0 Å². The van der Waals surface area contributed by atoms with E-state index in [1.165, 1.54) is 85.1 Å². The number of anilines is 2. The number of halogens is 2. The van der Waals surface area contributed by atoms with E-state index < -0.39 is 69.2 Å². The Balaban J connectivity index is 0.000000138. The van der Waals surface area contributed by atoms with Crippen molar-refractivity contribution >= 4 is 75.3 Å². The van der Waals surface area contributed by atoms with Gasteiger partial charge in [-0.15, -0.1) is 11.3 Å². The van der Waals surface area contributed by atoms with Gasteiger partial charge in [0.15, 0.2) is 28.3 Å². The zero-order chi connectivity index (χ0) is 86.2. The lowest BCUT2D eigenvalue weighted by Crippen LogP contribution is -2.50. The van der Waals surface area contributed by atoms with E-state index in [0.29, 0.717) is 34.5 Å². The fraction of sp³-hybridized carbons (Fsp3) is 0.379. The standard InChI is InChI=1S/C33H37FN4O4.C32H30FN5O4.C30H29N5O4S/c1-42-27-12-11-25-21-38(31(40)29(25)30(27)34)22-33(19-28(39)35-32(33)41)14-13-23-7-9-24(10-8-23)20-36-15-17-37(18-16-36)26-5-3-2-4-6-26;1-42-26-7-6-24-20-38(30(40)28(24)29(26)33)21-32(18-27(39)35-31(32)41)11-8-22-2-4-23(5-3-22)19-36-14-16-37(17-15-36)25-9-12-34-13-10-25;1-39-24-7-6-23-19-35(27(37)25(23)16-24)20-30(17-26(36)32-28(30)38)9-8-21-2-4-22(5-3-21)18-33-11-13-34(14-12-33)29-31-10-15-40-29/h7-12,26H,2-6,15-22H2,1H3,(H,35,39,41);2-7,9-10,12-13H,14-21H2,1H3,(H,35,39,41);2-7,10,15-16H,11-14,17-20H2,1H3,(H,32,36,38)/t33-;32-;30-/m111/s1. The van der Waals surface area contributed by atoms with E-state index in [0.717, 1.165) is 132 Å². The van der Waals surface area contributed by atoms with Crippen molar-refractivity contribution in [1.29, 1.82) is 0 Å². The predicted octanol–water partition coefficient (Wildman–Crippen LogP) is 8.43. The molecule has 3 atom stereocenters. The highest BCUT2D eigenvalue weighted by Crippen LogP contribution is 2.40. The molecule has 0 radical (unpaired) electrons. The Morgan fingerprint density at radius 3 is 1.24 bits per heavy atom. The van der Waals surface area contributed by atoms with Gasteiger partial charge in [-0.25, -0.2) is 13.8 Å². The minimum atomic E-state index is -1.43. The van der Waals surface area contributed by atoms with Crippen LogP contribution in [0.4, 0.5) is 19.6 Å². The molecule has 0 spiro atoms. The second-order valence-corrected chi connectivity index (χ2v) is 34.0. The number of methoxy groups -OCH3 is 3. The van der Waals surface area contributed by atoms with Crippen LogP contribution in [0.25, 0.3) is 0 Å². The third kappa shape index (κ3) is 18.8. The lowest BCUT2D eigenvalue weighted by molar-refractivity contribution is -0.128. The molecule has 1 aliphatic carbocycles. The van der Waals surface area contributed by atoms with Gasteiger partial charge >= 0.3 is 0 Å². The van der Waals surface area contributed by atoms with Gasteiger partial charge in [0.1, 0.15) is 22.0 Å². The van der Waals surface area contributed by atoms with Gasteiger partial charge in [-0.1, -0.05) is 109 Å². The third-order valence-corrected chi connectivity index (χ3v) is 25.8. The summed E-state index contributed by atoms with van der Waals surface area (Å²) >= 11 is 1.67. The first-order valence-electron chi connectivity index (χ1n) is 42.0. The highest BCUT2D eigenvalue weighted by Gasteiger charge is 2.52. The van der Waals surface area contributed by atoms with E-state index in [-0.39, 0.29) is 86.4 Å². The average Bonchev–Trinajstić information content (AvgIpc) is 1.67. The molecule has 29 heteroatoms. The van der Waals surface area contributed by atoms with Crippen molar-refractivity contribution in [3.05, 3.63) is 230 Å². The number of nitrogens with one attached hydrogen (secondary N) is 3. The van der Waals surface area contributed by atoms with Crippen molar-refractivity contribution in [2.75, 3.05) is 129 Å². The van der Waals surface area contributed by atoms with Gasteiger partial charge in [0.05, 0.1) is 51.7 Å². The van der Waals surface area contributed by atoms with Crippen LogP contribution < -0.4 is 40.0 Å². The number of pyridine rings is 1. The first-order chi connectivity index (χ1) is 60.1. The molecular weight excluding hydrogens is 1600 g/mol. The fourth-order valence-electron chi connectivity index (χ4n) is 18.0. The molecule has 8 aromatic rings. The van der Waals surface area contributed by atoms with E-state index in [9.17, 15) is 51.9 Å². The van der Waals surface area contributed by atoms with Crippen molar-refractivity contribution in [2.45, 2.75) is 96.7 Å². The quantitative estimate of drug-likeness (QED) is 0.0537. The van der Waals surface area contributed by atoms with E-state index in [2.05, 4.69) is 115 Å². The maximum absolute atomic E-state index is 14.9. The number of imide groups is 3. The van der Waals surface area contributed by atoms with Crippen LogP contribution in [-0.4, -0.2) is 223 Å². The summed E-state index contributed by atoms with van der Waals surface area (Å²) < 4.78 is 45.0. The molecule has 6 aromatic carbocycles. The Morgan fingerprint density at radius 2 is 0.847 bits per heavy atom. The molecule has 3 N–H and O–H groups in total. The van der Waals surface area contributed by atoms with Gasteiger partial charge < -0.3 is 38.7 Å². The van der Waals surface area contributed by atoms with Crippen LogP contribution >= 0.6 is 11.3 Å². The number of rotatable bonds is 18. The monoisotopic (exact) mass is 1690 g/mol. The molecule has 9 amide bonds. The summed E-state index contributed by atoms with van der Waals surface area (Å²) in [6.07, 6.45) is 11.9. The van der Waals surface area contributed by atoms with E-state index in [1.54, 1.807) is 41.5 Å². The zero-order valence-electron chi connectivity index (χ0n) is 69.5. The number of nitrogens with zero attached hydrogens (tertiary/aromatic N) is 11. The lowest BCUT2D eigenvalue weighted by atomic mass is 9.85. The SMILES string of the molecule is COc1ccc2c(c1)C(=O)N(C[C@@]1(C#Cc3ccc(CN4CCN(c5nccs5)CC4)cc3)CC(=O)NC1=O)C2.COc1ccc2c(c1F)C(=O)N(C[C@@]1(C#Cc3ccc(CN4CCN(C5CCCCC5)CC4)cc3)CC(=O)NC1=O)C2.COc1ccc2c(c1F)C(=O)N(C[C@@]1(C#Cc3ccc(CN4CCN(c5ccncc5)CC4)cc3)CC(=O)NC1=O)C2. The normalized spacial score (nSPS) is 21.5. The number of aromatic nitrogens is 2. The second-order valence-electron chi connectivity index (χ2n) is 33.1. The number of carbonyl (C=O) groups is 9. The fourth-order valence-corrected chi connectivity index (χ4v) is 18.7. The van der Waals surface area contributed by atoms with Gasteiger partial charge in [0.25, 0.3) is 17.7 Å². The maximum atomic E-state index is 14.9. The smallest absolute Gasteiger partial charge is 0.257 e. The van der Waals surface area contributed by atoms with Crippen LogP contribution in [0.1, 0.15) is 133 Å². The summed E-state index contributed by atoms with van der Waals surface area (Å²) in [6, 6.07) is 40.2. The molecular formula is C95H96F2N14O12S. The second kappa shape index (κ2) is 37.2. The van der Waals surface area contributed by atoms with Gasteiger partial charge in [-0.2, -0.15) is 0 Å². The number of hydrogen-bond acceptors (Lipinski definition) is 21. The van der Waals surface area contributed by atoms with Crippen molar-refractivity contribution in [2.24, 2.45) is 16.2 Å². The highest BCUT2D eigenvalue weighted by atomic mass is 32.1. The average molecular weight is 1700 g/mol. The molecule has 7 fully saturated rings. The van der Waals surface area contributed by atoms with Crippen LogP contribution in [0.2, 0.25) is 0 Å². The molecule has 1 saturated carbocycles. The third-order valence-electron chi connectivity index (χ3n) is 25.0. The summed E-state index contributed by atoms with van der Waals surface area (Å²) in [5, 5.41) is 10.1. The Labute approximate surface area is 722 Å². The summed E-state index contributed by atoms with van der Waals surface area (Å²) in [5.41, 5.74) is 5.05. The van der Waals surface area contributed by atoms with Crippen molar-refractivity contribution in [3.63, 3.8) is 0 Å². The Hall–Kier alpha value is -12.7. The van der Waals surface area contributed by atoms with Crippen LogP contribution in [0.5, 0.6) is 17.2 Å². The van der Waals surface area contributed by atoms with Crippen LogP contribution in [0.3, 0.4) is 0 Å². The molecule has 0 unspecified atom stereocenters. The molecule has 10 aliphatic rings. The van der Waals surface area contributed by atoms with Crippen molar-refractivity contribution < 1.29 is 66.1 Å². The number of ether oxygens (including phenoxy) is 3. The van der Waals surface area contributed by atoms with Gasteiger partial charge in [0.2, 0.25) is 35.4 Å². The Morgan fingerprint density at radius 1 is 0.444 bits per heavy atom. The van der Waals surface area contributed by atoms with Crippen LogP contribution in [0.15, 0.2) is 151 Å². The lowest BCUT2D eigenvalue weighted by Gasteiger charge is -2.40. The predicted molar refractivity (Wildman–Crippen MR) is 459 cm³/mol. The summed E-state index contributed by atoms with van der Waals surface area (Å²) in [5.74, 6) is 13.4. The van der Waals surface area contributed by atoms with Gasteiger partial charge in [0, 0.05) is 195 Å². The first kappa shape index (κ1) is 84.9. The summed E-state index contributed by atoms with van der Waals surface area (Å²) in [4.78, 5) is 143. The molecule has 26 nitrogen and oxygen atoms in total. The number of hydrogen-bond donors (Lipinski definition) is 3. The maximum Gasteiger partial charge on any atom is 0.257 e. The van der Waals surface area contributed by atoms with Crippen molar-refractivity contribution in [3.8, 4) is 52.8 Å². The summed E-state index contributed by atoms with van der Waals surface area (Å²) in [7, 11) is 4.22. The molecule has 9 aliphatic heterocycles. The van der Waals surface area contributed by atoms with Crippen molar-refractivity contribution in [1.82, 2.24) is 60.2 Å². The topological polar surface area (TPSA) is 272 Å². The number of amides is 9. The molecule has 124 heavy (non-hydrogen) atoms. The van der Waals surface area contributed by atoms with Crippen LogP contribution in [0, 0.1) is 63.4 Å². The molecule has 638 valence electrons. The van der Waals surface area contributed by atoms with Gasteiger partial charge in [-0.05, 0) is 119 Å². The number of thiazole rings is 1. The molecule has 11 heterocycles. The molecule has 6 saturated heterocycles. The number of fused-ring (bicyclic) bond motifs is 3. The Kier molecular flexibility index (Phi) is 25.4. The van der Waals surface area contributed by atoms with Gasteiger partial charge in [-0.3, -0.25) is 83.7 Å². The van der Waals surface area contributed by atoms with E-state index in [1.807, 2.05) is 96.8 Å². The highest BCUT2D eigenvalue weighted by molar-refractivity contribution is 7.13. The minimum absolute atomic E-state index is 0.0163. The number of carbonyl (C=O) groups excluding carboxylic acids is 9. The van der Waals surface area contributed by atoms with E-state index in [4.69, 9.17) is 14.2 Å². The number of benzene rings is 6. The Bertz CT molecular complexity index is 5620. The number of piperazine rings is 3. The summed E-state index contributed by atoms with van der Waals surface area (Å²) in [6.45, 7) is 15.0.